The average Bonchev–Trinajstić information content (AvgIpc) is 2.46. The lowest BCUT2D eigenvalue weighted by atomic mass is 10.2. The predicted octanol–water partition coefficient (Wildman–Crippen LogP) is 3.17. The van der Waals surface area contributed by atoms with Crippen LogP contribution in [-0.2, 0) is 0 Å². The minimum atomic E-state index is 0.153. The van der Waals surface area contributed by atoms with Crippen LogP contribution >= 0.6 is 11.3 Å². The molecule has 0 unspecified atom stereocenters. The molecule has 0 spiro atoms. The third-order valence-corrected chi connectivity index (χ3v) is 3.16. The number of aromatic nitrogens is 1. The Labute approximate surface area is 83.0 Å². The Morgan fingerprint density at radius 3 is 2.54 bits per heavy atom. The molecule has 72 valence electrons. The number of aryl methyl sites for hydroxylation is 1. The highest BCUT2D eigenvalue weighted by Gasteiger charge is 2.14. The second-order valence-electron chi connectivity index (χ2n) is 3.39. The van der Waals surface area contributed by atoms with Crippen LogP contribution in [0.15, 0.2) is 0 Å². The third-order valence-electron chi connectivity index (χ3n) is 1.89. The smallest absolute Gasteiger partial charge is 0.182 e. The van der Waals surface area contributed by atoms with E-state index in [1.807, 2.05) is 13.8 Å². The number of thiazole rings is 1. The number of hydrogen-bond acceptors (Lipinski definition) is 3. The largest absolute Gasteiger partial charge is 0.292 e. The number of Topliss-reactive ketones (excluding diaryl/α,β-unsaturated/α-hetero) is 1. The van der Waals surface area contributed by atoms with Gasteiger partial charge >= 0.3 is 0 Å². The fourth-order valence-corrected chi connectivity index (χ4v) is 2.03. The Morgan fingerprint density at radius 2 is 2.15 bits per heavy atom. The highest BCUT2D eigenvalue weighted by Crippen LogP contribution is 2.24. The number of rotatable bonds is 3. The molecule has 0 aliphatic carbocycles. The highest BCUT2D eigenvalue weighted by molar-refractivity contribution is 7.12. The number of carbonyl (C=O) groups is 1. The predicted molar refractivity (Wildman–Crippen MR) is 55.6 cm³/mol. The van der Waals surface area contributed by atoms with Gasteiger partial charge in [-0.05, 0) is 6.92 Å². The molecular formula is C10H15NOS. The topological polar surface area (TPSA) is 30.0 Å². The standard InChI is InChI=1S/C10H15NOS/c1-5-8(12)9-7(4)13-10(11-9)6(2)3/h6H,5H2,1-4H3. The van der Waals surface area contributed by atoms with Crippen molar-refractivity contribution in [3.8, 4) is 0 Å². The summed E-state index contributed by atoms with van der Waals surface area (Å²) in [5.41, 5.74) is 0.677. The molecule has 1 aromatic heterocycles. The van der Waals surface area contributed by atoms with Crippen LogP contribution < -0.4 is 0 Å². The molecule has 0 saturated carbocycles. The van der Waals surface area contributed by atoms with E-state index in [-0.39, 0.29) is 5.78 Å². The normalized spacial score (nSPS) is 10.8. The van der Waals surface area contributed by atoms with Gasteiger partial charge in [-0.25, -0.2) is 4.98 Å². The van der Waals surface area contributed by atoms with Gasteiger partial charge < -0.3 is 0 Å². The number of hydrogen-bond donors (Lipinski definition) is 0. The number of carbonyl (C=O) groups excluding carboxylic acids is 1. The van der Waals surface area contributed by atoms with E-state index in [1.165, 1.54) is 0 Å². The van der Waals surface area contributed by atoms with E-state index in [1.54, 1.807) is 11.3 Å². The van der Waals surface area contributed by atoms with Crippen molar-refractivity contribution in [2.45, 2.75) is 40.0 Å². The summed E-state index contributed by atoms with van der Waals surface area (Å²) in [4.78, 5) is 16.8. The van der Waals surface area contributed by atoms with Crippen molar-refractivity contribution in [2.75, 3.05) is 0 Å². The first kappa shape index (κ1) is 10.4. The first-order valence-corrected chi connectivity index (χ1v) is 5.38. The molecule has 0 fully saturated rings. The maximum Gasteiger partial charge on any atom is 0.182 e. The molecule has 0 atom stereocenters. The van der Waals surface area contributed by atoms with Crippen molar-refractivity contribution in [3.05, 3.63) is 15.6 Å². The van der Waals surface area contributed by atoms with Crippen LogP contribution in [0.3, 0.4) is 0 Å². The SMILES string of the molecule is CCC(=O)c1nc(C(C)C)sc1C. The summed E-state index contributed by atoms with van der Waals surface area (Å²) in [6, 6.07) is 0. The lowest BCUT2D eigenvalue weighted by molar-refractivity contribution is 0.0983. The molecule has 3 heteroatoms. The highest BCUT2D eigenvalue weighted by atomic mass is 32.1. The van der Waals surface area contributed by atoms with Gasteiger partial charge in [0.2, 0.25) is 0 Å². The maximum atomic E-state index is 11.4. The molecule has 0 bridgehead atoms. The molecule has 0 radical (unpaired) electrons. The Bertz CT molecular complexity index is 315. The molecule has 13 heavy (non-hydrogen) atoms. The summed E-state index contributed by atoms with van der Waals surface area (Å²) in [5, 5.41) is 1.06. The van der Waals surface area contributed by atoms with E-state index in [9.17, 15) is 4.79 Å². The molecule has 0 N–H and O–H groups in total. The molecule has 2 nitrogen and oxygen atoms in total. The number of ketones is 1. The monoisotopic (exact) mass is 197 g/mol. The Hall–Kier alpha value is -0.700. The Morgan fingerprint density at radius 1 is 1.54 bits per heavy atom. The third kappa shape index (κ3) is 2.15. The zero-order chi connectivity index (χ0) is 10.0. The van der Waals surface area contributed by atoms with E-state index in [2.05, 4.69) is 18.8 Å². The van der Waals surface area contributed by atoms with Crippen molar-refractivity contribution in [1.82, 2.24) is 4.98 Å². The van der Waals surface area contributed by atoms with Crippen LogP contribution in [0.5, 0.6) is 0 Å². The van der Waals surface area contributed by atoms with Crippen molar-refractivity contribution in [2.24, 2.45) is 0 Å². The van der Waals surface area contributed by atoms with Crippen LogP contribution in [0.25, 0.3) is 0 Å². The van der Waals surface area contributed by atoms with Gasteiger partial charge in [0.15, 0.2) is 5.78 Å². The summed E-state index contributed by atoms with van der Waals surface area (Å²) < 4.78 is 0. The van der Waals surface area contributed by atoms with Crippen molar-refractivity contribution in [1.29, 1.82) is 0 Å². The van der Waals surface area contributed by atoms with Crippen molar-refractivity contribution < 1.29 is 4.79 Å². The minimum Gasteiger partial charge on any atom is -0.292 e. The van der Waals surface area contributed by atoms with Gasteiger partial charge in [0, 0.05) is 17.2 Å². The van der Waals surface area contributed by atoms with Gasteiger partial charge in [0.05, 0.1) is 5.01 Å². The van der Waals surface area contributed by atoms with Crippen LogP contribution in [0, 0.1) is 6.92 Å². The number of nitrogens with zero attached hydrogens (tertiary/aromatic N) is 1. The summed E-state index contributed by atoms with van der Waals surface area (Å²) >= 11 is 1.63. The van der Waals surface area contributed by atoms with Crippen LogP contribution in [0.4, 0.5) is 0 Å². The van der Waals surface area contributed by atoms with Crippen molar-refractivity contribution >= 4 is 17.1 Å². The molecule has 1 rings (SSSR count). The van der Waals surface area contributed by atoms with E-state index in [0.29, 0.717) is 18.0 Å². The second-order valence-corrected chi connectivity index (χ2v) is 4.62. The fourth-order valence-electron chi connectivity index (χ4n) is 1.09. The van der Waals surface area contributed by atoms with Crippen molar-refractivity contribution in [3.63, 3.8) is 0 Å². The summed E-state index contributed by atoms with van der Waals surface area (Å²) in [6.07, 6.45) is 0.544. The average molecular weight is 197 g/mol. The zero-order valence-electron chi connectivity index (χ0n) is 8.55. The van der Waals surface area contributed by atoms with Gasteiger partial charge in [-0.15, -0.1) is 11.3 Å². The quantitative estimate of drug-likeness (QED) is 0.697. The van der Waals surface area contributed by atoms with Gasteiger partial charge in [-0.3, -0.25) is 4.79 Å². The van der Waals surface area contributed by atoms with Crippen LogP contribution in [0.2, 0.25) is 0 Å². The summed E-state index contributed by atoms with van der Waals surface area (Å²) in [6.45, 7) is 8.03. The van der Waals surface area contributed by atoms with Crippen LogP contribution in [0.1, 0.15) is 53.5 Å². The lowest BCUT2D eigenvalue weighted by Gasteiger charge is -1.95. The maximum absolute atomic E-state index is 11.4. The fraction of sp³-hybridized carbons (Fsp3) is 0.600. The van der Waals surface area contributed by atoms with Gasteiger partial charge in [-0.2, -0.15) is 0 Å². The van der Waals surface area contributed by atoms with Gasteiger partial charge in [-0.1, -0.05) is 20.8 Å². The molecule has 1 heterocycles. The first-order chi connectivity index (χ1) is 6.06. The molecule has 0 saturated heterocycles. The van der Waals surface area contributed by atoms with Crippen LogP contribution in [-0.4, -0.2) is 10.8 Å². The Kier molecular flexibility index (Phi) is 3.20. The van der Waals surface area contributed by atoms with E-state index < -0.39 is 0 Å². The van der Waals surface area contributed by atoms with Gasteiger partial charge in [0.1, 0.15) is 5.69 Å². The molecule has 0 aliphatic rings. The minimum absolute atomic E-state index is 0.153. The molecule has 0 aromatic carbocycles. The molecule has 0 amide bonds. The molecular weight excluding hydrogens is 182 g/mol. The van der Waals surface area contributed by atoms with Gasteiger partial charge in [0.25, 0.3) is 0 Å². The molecule has 0 aliphatic heterocycles. The van der Waals surface area contributed by atoms with E-state index in [4.69, 9.17) is 0 Å². The second kappa shape index (κ2) is 4.01. The summed E-state index contributed by atoms with van der Waals surface area (Å²) in [5.74, 6) is 0.572. The lowest BCUT2D eigenvalue weighted by Crippen LogP contribution is -1.99. The van der Waals surface area contributed by atoms with E-state index in [0.717, 1.165) is 9.88 Å². The summed E-state index contributed by atoms with van der Waals surface area (Å²) in [7, 11) is 0. The molecule has 1 aromatic rings. The zero-order valence-corrected chi connectivity index (χ0v) is 9.36. The Balaban J connectivity index is 3.03. The first-order valence-electron chi connectivity index (χ1n) is 4.56. The van der Waals surface area contributed by atoms with E-state index >= 15 is 0 Å².